The van der Waals surface area contributed by atoms with Crippen LogP contribution in [-0.2, 0) is 9.59 Å². The van der Waals surface area contributed by atoms with E-state index in [9.17, 15) is 14.7 Å². The molecule has 0 aromatic heterocycles. The summed E-state index contributed by atoms with van der Waals surface area (Å²) in [6.45, 7) is 7.53. The second kappa shape index (κ2) is 7.07. The number of amides is 1. The van der Waals surface area contributed by atoms with Crippen molar-refractivity contribution in [1.29, 1.82) is 0 Å². The molecule has 1 aliphatic heterocycles. The summed E-state index contributed by atoms with van der Waals surface area (Å²) in [4.78, 5) is 25.4. The van der Waals surface area contributed by atoms with E-state index in [1.165, 1.54) is 0 Å². The van der Waals surface area contributed by atoms with Gasteiger partial charge in [-0.15, -0.1) is 0 Å². The molecule has 0 spiro atoms. The van der Waals surface area contributed by atoms with Gasteiger partial charge in [-0.05, 0) is 37.6 Å². The van der Waals surface area contributed by atoms with Crippen LogP contribution in [-0.4, -0.2) is 41.5 Å². The molecule has 1 heterocycles. The van der Waals surface area contributed by atoms with Crippen molar-refractivity contribution in [3.8, 4) is 0 Å². The van der Waals surface area contributed by atoms with Gasteiger partial charge in [0.2, 0.25) is 5.91 Å². The van der Waals surface area contributed by atoms with Crippen molar-refractivity contribution in [3.63, 3.8) is 0 Å². The van der Waals surface area contributed by atoms with Crippen molar-refractivity contribution < 1.29 is 14.7 Å². The molecule has 1 aliphatic rings. The molecule has 1 rings (SSSR count). The monoisotopic (exact) mass is 284 g/mol. The molecule has 116 valence electrons. The molecule has 5 nitrogen and oxygen atoms in total. The Bertz CT molecular complexity index is 357. The maximum Gasteiger partial charge on any atom is 0.311 e. The lowest BCUT2D eigenvalue weighted by Crippen LogP contribution is -2.37. The minimum Gasteiger partial charge on any atom is -0.481 e. The first-order valence-corrected chi connectivity index (χ1v) is 7.56. The predicted octanol–water partition coefficient (Wildman–Crippen LogP) is 1.71. The molecule has 0 radical (unpaired) electrons. The number of rotatable bonds is 7. The van der Waals surface area contributed by atoms with Crippen LogP contribution in [0.4, 0.5) is 0 Å². The van der Waals surface area contributed by atoms with Gasteiger partial charge in [0.1, 0.15) is 0 Å². The summed E-state index contributed by atoms with van der Waals surface area (Å²) in [6.07, 6.45) is 2.50. The molecular formula is C15H28N2O3. The number of likely N-dealkylation sites (tertiary alicyclic amines) is 1. The topological polar surface area (TPSA) is 83.6 Å². The van der Waals surface area contributed by atoms with Gasteiger partial charge in [-0.2, -0.15) is 0 Å². The Morgan fingerprint density at radius 1 is 1.40 bits per heavy atom. The van der Waals surface area contributed by atoms with Crippen LogP contribution >= 0.6 is 0 Å². The minimum atomic E-state index is -0.784. The number of carboxylic acids is 1. The van der Waals surface area contributed by atoms with Crippen LogP contribution in [0, 0.1) is 17.3 Å². The van der Waals surface area contributed by atoms with Gasteiger partial charge in [0.05, 0.1) is 5.41 Å². The number of carbonyl (C=O) groups excluding carboxylic acids is 1. The van der Waals surface area contributed by atoms with Crippen LogP contribution in [0.3, 0.4) is 0 Å². The molecule has 2 atom stereocenters. The van der Waals surface area contributed by atoms with Crippen LogP contribution in [0.2, 0.25) is 0 Å². The van der Waals surface area contributed by atoms with Crippen LogP contribution in [0.5, 0.6) is 0 Å². The second-order valence-corrected chi connectivity index (χ2v) is 6.44. The van der Waals surface area contributed by atoms with Crippen LogP contribution < -0.4 is 5.73 Å². The fraction of sp³-hybridized carbons (Fsp3) is 0.867. The molecule has 1 amide bonds. The Hall–Kier alpha value is -1.10. The normalized spacial score (nSPS) is 24.1. The van der Waals surface area contributed by atoms with Crippen LogP contribution in [0.1, 0.15) is 46.5 Å². The standard InChI is InChI=1S/C15H28N2O3/c1-4-15(14(19)20)5-6-17(10-15)13(18)8-12(9-16)7-11(2)3/h11-12H,4-10,16H2,1-3H3,(H,19,20)/t12-,15?/m0/s1. The highest BCUT2D eigenvalue weighted by molar-refractivity contribution is 5.80. The number of carbonyl (C=O) groups is 2. The molecule has 0 saturated carbocycles. The zero-order chi connectivity index (χ0) is 15.3. The summed E-state index contributed by atoms with van der Waals surface area (Å²) in [5, 5.41) is 9.35. The molecular weight excluding hydrogens is 256 g/mol. The number of aliphatic carboxylic acids is 1. The van der Waals surface area contributed by atoms with Gasteiger partial charge in [-0.25, -0.2) is 0 Å². The highest BCUT2D eigenvalue weighted by atomic mass is 16.4. The first-order valence-electron chi connectivity index (χ1n) is 7.56. The minimum absolute atomic E-state index is 0.0534. The van der Waals surface area contributed by atoms with E-state index in [2.05, 4.69) is 13.8 Å². The van der Waals surface area contributed by atoms with Crippen molar-refractivity contribution in [2.75, 3.05) is 19.6 Å². The predicted molar refractivity (Wildman–Crippen MR) is 78.2 cm³/mol. The molecule has 0 bridgehead atoms. The number of carboxylic acid groups (broad SMARTS) is 1. The van der Waals surface area contributed by atoms with E-state index >= 15 is 0 Å². The first-order chi connectivity index (χ1) is 9.34. The Morgan fingerprint density at radius 2 is 2.05 bits per heavy atom. The largest absolute Gasteiger partial charge is 0.481 e. The molecule has 5 heteroatoms. The van der Waals surface area contributed by atoms with E-state index in [1.807, 2.05) is 6.92 Å². The SMILES string of the molecule is CCC1(C(=O)O)CCN(C(=O)C[C@@H](CN)CC(C)C)C1. The lowest BCUT2D eigenvalue weighted by atomic mass is 9.84. The quantitative estimate of drug-likeness (QED) is 0.745. The first kappa shape index (κ1) is 17.0. The molecule has 1 unspecified atom stereocenters. The number of hydrogen-bond donors (Lipinski definition) is 2. The Morgan fingerprint density at radius 3 is 2.45 bits per heavy atom. The molecule has 0 aliphatic carbocycles. The van der Waals surface area contributed by atoms with E-state index in [0.717, 1.165) is 6.42 Å². The summed E-state index contributed by atoms with van der Waals surface area (Å²) in [5.41, 5.74) is 4.99. The zero-order valence-electron chi connectivity index (χ0n) is 12.9. The third-order valence-corrected chi connectivity index (χ3v) is 4.44. The number of hydrogen-bond acceptors (Lipinski definition) is 3. The maximum atomic E-state index is 12.3. The van der Waals surface area contributed by atoms with Gasteiger partial charge in [0, 0.05) is 19.5 Å². The maximum absolute atomic E-state index is 12.3. The average Bonchev–Trinajstić information content (AvgIpc) is 2.83. The van der Waals surface area contributed by atoms with E-state index in [-0.39, 0.29) is 11.8 Å². The molecule has 1 fully saturated rings. The van der Waals surface area contributed by atoms with E-state index < -0.39 is 11.4 Å². The number of nitrogens with zero attached hydrogens (tertiary/aromatic N) is 1. The van der Waals surface area contributed by atoms with Gasteiger partial charge in [-0.3, -0.25) is 9.59 Å². The Kier molecular flexibility index (Phi) is 5.99. The lowest BCUT2D eigenvalue weighted by molar-refractivity contribution is -0.148. The van der Waals surface area contributed by atoms with Crippen molar-refractivity contribution in [2.45, 2.75) is 46.5 Å². The number of nitrogens with two attached hydrogens (primary N) is 1. The fourth-order valence-corrected chi connectivity index (χ4v) is 3.01. The van der Waals surface area contributed by atoms with E-state index in [0.29, 0.717) is 44.8 Å². The summed E-state index contributed by atoms with van der Waals surface area (Å²) < 4.78 is 0. The zero-order valence-corrected chi connectivity index (χ0v) is 12.9. The Labute approximate surface area is 121 Å². The van der Waals surface area contributed by atoms with Gasteiger partial charge in [0.15, 0.2) is 0 Å². The molecule has 3 N–H and O–H groups in total. The van der Waals surface area contributed by atoms with Crippen molar-refractivity contribution >= 4 is 11.9 Å². The highest BCUT2D eigenvalue weighted by Crippen LogP contribution is 2.34. The summed E-state index contributed by atoms with van der Waals surface area (Å²) in [6, 6.07) is 0. The average molecular weight is 284 g/mol. The van der Waals surface area contributed by atoms with Crippen molar-refractivity contribution in [3.05, 3.63) is 0 Å². The molecule has 1 saturated heterocycles. The van der Waals surface area contributed by atoms with Gasteiger partial charge >= 0.3 is 5.97 Å². The smallest absolute Gasteiger partial charge is 0.311 e. The van der Waals surface area contributed by atoms with Crippen molar-refractivity contribution in [2.24, 2.45) is 23.0 Å². The van der Waals surface area contributed by atoms with Gasteiger partial charge < -0.3 is 15.7 Å². The third kappa shape index (κ3) is 3.95. The fourth-order valence-electron chi connectivity index (χ4n) is 3.01. The highest BCUT2D eigenvalue weighted by Gasteiger charge is 2.44. The van der Waals surface area contributed by atoms with E-state index in [1.54, 1.807) is 4.90 Å². The van der Waals surface area contributed by atoms with Crippen LogP contribution in [0.25, 0.3) is 0 Å². The van der Waals surface area contributed by atoms with Gasteiger partial charge in [-0.1, -0.05) is 20.8 Å². The lowest BCUT2D eigenvalue weighted by Gasteiger charge is -2.24. The van der Waals surface area contributed by atoms with Crippen molar-refractivity contribution in [1.82, 2.24) is 4.90 Å². The van der Waals surface area contributed by atoms with Gasteiger partial charge in [0.25, 0.3) is 0 Å². The van der Waals surface area contributed by atoms with Crippen LogP contribution in [0.15, 0.2) is 0 Å². The molecule has 0 aromatic carbocycles. The Balaban J connectivity index is 2.59. The summed E-state index contributed by atoms with van der Waals surface area (Å²) in [5.74, 6) is -0.0156. The summed E-state index contributed by atoms with van der Waals surface area (Å²) in [7, 11) is 0. The molecule has 20 heavy (non-hydrogen) atoms. The summed E-state index contributed by atoms with van der Waals surface area (Å²) >= 11 is 0. The second-order valence-electron chi connectivity index (χ2n) is 6.44. The molecule has 0 aromatic rings. The third-order valence-electron chi connectivity index (χ3n) is 4.44. The van der Waals surface area contributed by atoms with E-state index in [4.69, 9.17) is 5.73 Å².